The second-order valence-corrected chi connectivity index (χ2v) is 6.65. The van der Waals surface area contributed by atoms with Gasteiger partial charge in [-0.15, -0.1) is 11.3 Å². The maximum atomic E-state index is 13.0. The third kappa shape index (κ3) is 4.03. The zero-order valence-electron chi connectivity index (χ0n) is 14.2. The number of thiazole rings is 1. The summed E-state index contributed by atoms with van der Waals surface area (Å²) >= 11 is 0.669. The number of carbonyl (C=O) groups is 1. The number of nitro benzene ring substituents is 1. The van der Waals surface area contributed by atoms with E-state index >= 15 is 0 Å². The lowest BCUT2D eigenvalue weighted by atomic mass is 10.2. The minimum atomic E-state index is -4.76. The molecule has 1 aromatic heterocycles. The fourth-order valence-corrected chi connectivity index (χ4v) is 3.36. The number of amides is 1. The van der Waals surface area contributed by atoms with Crippen LogP contribution in [-0.4, -0.2) is 22.9 Å². The molecule has 0 aliphatic rings. The number of aromatic nitrogens is 1. The number of hydrogen-bond acceptors (Lipinski definition) is 6. The summed E-state index contributed by atoms with van der Waals surface area (Å²) in [4.78, 5) is 26.4. The SMILES string of the molecule is COc1ccc(CNC(=O)c2nc3cc(C(F)(F)F)cc([N+](=O)[O-])c3s2)cc1. The zero-order chi connectivity index (χ0) is 20.5. The lowest BCUT2D eigenvalue weighted by Crippen LogP contribution is -2.22. The van der Waals surface area contributed by atoms with Crippen molar-refractivity contribution >= 4 is 33.1 Å². The monoisotopic (exact) mass is 411 g/mol. The minimum absolute atomic E-state index is 0.0902. The van der Waals surface area contributed by atoms with E-state index in [0.717, 1.165) is 5.56 Å². The smallest absolute Gasteiger partial charge is 0.416 e. The molecule has 3 rings (SSSR count). The van der Waals surface area contributed by atoms with Crippen LogP contribution >= 0.6 is 11.3 Å². The molecule has 1 amide bonds. The fourth-order valence-electron chi connectivity index (χ4n) is 2.41. The molecule has 0 atom stereocenters. The molecule has 0 unspecified atom stereocenters. The van der Waals surface area contributed by atoms with Crippen LogP contribution in [0.15, 0.2) is 36.4 Å². The van der Waals surface area contributed by atoms with Crippen molar-refractivity contribution in [3.05, 3.63) is 62.6 Å². The van der Waals surface area contributed by atoms with E-state index in [2.05, 4.69) is 10.3 Å². The molecule has 0 aliphatic heterocycles. The highest BCUT2D eigenvalue weighted by molar-refractivity contribution is 7.20. The molecule has 2 aromatic carbocycles. The van der Waals surface area contributed by atoms with E-state index in [1.807, 2.05) is 0 Å². The van der Waals surface area contributed by atoms with Gasteiger partial charge in [-0.05, 0) is 23.8 Å². The van der Waals surface area contributed by atoms with Gasteiger partial charge >= 0.3 is 6.18 Å². The van der Waals surface area contributed by atoms with Gasteiger partial charge in [-0.3, -0.25) is 14.9 Å². The fraction of sp³-hybridized carbons (Fsp3) is 0.176. The number of methoxy groups -OCH3 is 1. The quantitative estimate of drug-likeness (QED) is 0.503. The van der Waals surface area contributed by atoms with Gasteiger partial charge in [0.1, 0.15) is 10.4 Å². The summed E-state index contributed by atoms with van der Waals surface area (Å²) in [6.45, 7) is 0.147. The zero-order valence-corrected chi connectivity index (χ0v) is 15.1. The summed E-state index contributed by atoms with van der Waals surface area (Å²) in [6, 6.07) is 8.02. The van der Waals surface area contributed by atoms with Crippen molar-refractivity contribution in [3.63, 3.8) is 0 Å². The summed E-state index contributed by atoms with van der Waals surface area (Å²) in [5.41, 5.74) is -1.42. The molecule has 7 nitrogen and oxygen atoms in total. The van der Waals surface area contributed by atoms with E-state index in [0.29, 0.717) is 29.2 Å². The van der Waals surface area contributed by atoms with E-state index in [4.69, 9.17) is 4.74 Å². The van der Waals surface area contributed by atoms with Crippen molar-refractivity contribution < 1.29 is 27.6 Å². The van der Waals surface area contributed by atoms with Gasteiger partial charge in [0.15, 0.2) is 5.01 Å². The second kappa shape index (κ2) is 7.43. The van der Waals surface area contributed by atoms with Gasteiger partial charge in [0.05, 0.1) is 23.1 Å². The average Bonchev–Trinajstić information content (AvgIpc) is 3.09. The molecule has 11 heteroatoms. The number of alkyl halides is 3. The van der Waals surface area contributed by atoms with Crippen LogP contribution in [0.2, 0.25) is 0 Å². The van der Waals surface area contributed by atoms with Crippen LogP contribution in [0.25, 0.3) is 10.2 Å². The molecule has 0 radical (unpaired) electrons. The molecule has 28 heavy (non-hydrogen) atoms. The number of hydrogen-bond donors (Lipinski definition) is 1. The Hall–Kier alpha value is -3.21. The van der Waals surface area contributed by atoms with E-state index in [-0.39, 0.29) is 21.8 Å². The van der Waals surface area contributed by atoms with Crippen LogP contribution in [-0.2, 0) is 12.7 Å². The molecule has 0 spiro atoms. The number of nitrogens with one attached hydrogen (secondary N) is 1. The first-order valence-electron chi connectivity index (χ1n) is 7.76. The third-order valence-corrected chi connectivity index (χ3v) is 4.89. The molecule has 1 heterocycles. The number of benzene rings is 2. The number of halogens is 3. The van der Waals surface area contributed by atoms with E-state index in [1.54, 1.807) is 24.3 Å². The molecule has 0 saturated carbocycles. The topological polar surface area (TPSA) is 94.4 Å². The van der Waals surface area contributed by atoms with Gasteiger partial charge in [-0.2, -0.15) is 13.2 Å². The molecule has 0 saturated heterocycles. The number of nitrogens with zero attached hydrogens (tertiary/aromatic N) is 2. The maximum Gasteiger partial charge on any atom is 0.416 e. The highest BCUT2D eigenvalue weighted by Gasteiger charge is 2.34. The van der Waals surface area contributed by atoms with Crippen LogP contribution in [0, 0.1) is 10.1 Å². The largest absolute Gasteiger partial charge is 0.497 e. The molecule has 146 valence electrons. The molecule has 0 aliphatic carbocycles. The molecule has 0 bridgehead atoms. The predicted octanol–water partition coefficient (Wildman–Crippen LogP) is 4.16. The van der Waals surface area contributed by atoms with Gasteiger partial charge in [0.2, 0.25) is 0 Å². The first kappa shape index (κ1) is 19.5. The van der Waals surface area contributed by atoms with E-state index in [9.17, 15) is 28.1 Å². The first-order chi connectivity index (χ1) is 13.2. The Labute approximate surface area is 159 Å². The maximum absolute atomic E-state index is 13.0. The molecule has 1 N–H and O–H groups in total. The van der Waals surface area contributed by atoms with Crippen LogP contribution in [0.3, 0.4) is 0 Å². The summed E-state index contributed by atoms with van der Waals surface area (Å²) in [5.74, 6) is 0.00824. The molecule has 0 fully saturated rings. The van der Waals surface area contributed by atoms with E-state index in [1.165, 1.54) is 7.11 Å². The van der Waals surface area contributed by atoms with Crippen molar-refractivity contribution in [2.45, 2.75) is 12.7 Å². The number of carbonyl (C=O) groups excluding carboxylic acids is 1. The average molecular weight is 411 g/mol. The Morgan fingerprint density at radius 1 is 1.29 bits per heavy atom. The number of non-ortho nitro benzene ring substituents is 1. The summed E-state index contributed by atoms with van der Waals surface area (Å²) in [7, 11) is 1.52. The number of rotatable bonds is 5. The van der Waals surface area contributed by atoms with Crippen LogP contribution < -0.4 is 10.1 Å². The standard InChI is InChI=1S/C17H12F3N3O4S/c1-27-11-4-2-9(3-5-11)8-21-15(24)16-22-12-6-10(17(18,19)20)7-13(23(25)26)14(12)28-16/h2-7H,8H2,1H3,(H,21,24). The van der Waals surface area contributed by atoms with Crippen molar-refractivity contribution in [1.82, 2.24) is 10.3 Å². The Kier molecular flexibility index (Phi) is 5.18. The van der Waals surface area contributed by atoms with Gasteiger partial charge in [-0.1, -0.05) is 12.1 Å². The van der Waals surface area contributed by atoms with Crippen LogP contribution in [0.1, 0.15) is 20.9 Å². The predicted molar refractivity (Wildman–Crippen MR) is 95.4 cm³/mol. The van der Waals surface area contributed by atoms with Crippen molar-refractivity contribution in [2.24, 2.45) is 0 Å². The van der Waals surface area contributed by atoms with Crippen molar-refractivity contribution in [3.8, 4) is 5.75 Å². The molecular weight excluding hydrogens is 399 g/mol. The minimum Gasteiger partial charge on any atom is -0.497 e. The third-order valence-electron chi connectivity index (χ3n) is 3.80. The van der Waals surface area contributed by atoms with Crippen molar-refractivity contribution in [2.75, 3.05) is 7.11 Å². The second-order valence-electron chi connectivity index (χ2n) is 5.65. The lowest BCUT2D eigenvalue weighted by molar-refractivity contribution is -0.383. The number of ether oxygens (including phenoxy) is 1. The lowest BCUT2D eigenvalue weighted by Gasteiger charge is -2.05. The molecular formula is C17H12F3N3O4S. The highest BCUT2D eigenvalue weighted by Crippen LogP contribution is 2.38. The number of nitro groups is 1. The Bertz CT molecular complexity index is 1050. The van der Waals surface area contributed by atoms with Gasteiger partial charge in [0.25, 0.3) is 11.6 Å². The van der Waals surface area contributed by atoms with Gasteiger partial charge < -0.3 is 10.1 Å². The van der Waals surface area contributed by atoms with E-state index < -0.39 is 28.3 Å². The van der Waals surface area contributed by atoms with Crippen molar-refractivity contribution in [1.29, 1.82) is 0 Å². The van der Waals surface area contributed by atoms with Crippen LogP contribution in [0.5, 0.6) is 5.75 Å². The summed E-state index contributed by atoms with van der Waals surface area (Å²) < 4.78 is 43.8. The summed E-state index contributed by atoms with van der Waals surface area (Å²) in [6.07, 6.45) is -4.76. The van der Waals surface area contributed by atoms with Gasteiger partial charge in [-0.25, -0.2) is 4.98 Å². The van der Waals surface area contributed by atoms with Gasteiger partial charge in [0, 0.05) is 12.6 Å². The number of fused-ring (bicyclic) bond motifs is 1. The Morgan fingerprint density at radius 2 is 1.96 bits per heavy atom. The normalized spacial score (nSPS) is 11.4. The Morgan fingerprint density at radius 3 is 2.54 bits per heavy atom. The Balaban J connectivity index is 1.87. The molecule has 3 aromatic rings. The highest BCUT2D eigenvalue weighted by atomic mass is 32.1. The summed E-state index contributed by atoms with van der Waals surface area (Å²) in [5, 5.41) is 13.6. The first-order valence-corrected chi connectivity index (χ1v) is 8.58. The van der Waals surface area contributed by atoms with Crippen LogP contribution in [0.4, 0.5) is 18.9 Å².